The average Bonchev–Trinajstić information content (AvgIpc) is 2.35. The van der Waals surface area contributed by atoms with Crippen molar-refractivity contribution in [3.8, 4) is 0 Å². The van der Waals surface area contributed by atoms with E-state index in [1.807, 2.05) is 0 Å². The Balaban J connectivity index is 2.79. The quantitative estimate of drug-likeness (QED) is 0.748. The molecule has 0 spiro atoms. The summed E-state index contributed by atoms with van der Waals surface area (Å²) in [5.41, 5.74) is -0.976. The van der Waals surface area contributed by atoms with E-state index in [-0.39, 0.29) is 5.91 Å². The Kier molecular flexibility index (Phi) is 4.73. The maximum absolute atomic E-state index is 11.9. The molecule has 0 aromatic heterocycles. The van der Waals surface area contributed by atoms with Gasteiger partial charge in [0.25, 0.3) is 0 Å². The molecule has 96 valence electrons. The van der Waals surface area contributed by atoms with Crippen LogP contribution in [0.15, 0.2) is 12.7 Å². The second-order valence-electron chi connectivity index (χ2n) is 4.68. The summed E-state index contributed by atoms with van der Waals surface area (Å²) in [6, 6.07) is 0. The molecule has 1 saturated carbocycles. The highest BCUT2D eigenvalue weighted by molar-refractivity contribution is 5.87. The van der Waals surface area contributed by atoms with Crippen LogP contribution in [0.25, 0.3) is 0 Å². The number of allylic oxidation sites excluding steroid dienone is 1. The molecule has 0 aromatic rings. The Morgan fingerprint density at radius 2 is 1.94 bits per heavy atom. The fourth-order valence-electron chi connectivity index (χ4n) is 2.46. The number of amides is 1. The van der Waals surface area contributed by atoms with Crippen LogP contribution in [-0.2, 0) is 9.59 Å². The van der Waals surface area contributed by atoms with E-state index in [1.165, 1.54) is 4.90 Å². The van der Waals surface area contributed by atoms with Crippen molar-refractivity contribution in [3.05, 3.63) is 12.7 Å². The summed E-state index contributed by atoms with van der Waals surface area (Å²) in [7, 11) is 1.62. The number of carbonyl (C=O) groups is 2. The zero-order valence-electron chi connectivity index (χ0n) is 10.4. The molecule has 1 N–H and O–H groups in total. The van der Waals surface area contributed by atoms with Crippen molar-refractivity contribution in [2.75, 3.05) is 7.05 Å². The lowest BCUT2D eigenvalue weighted by atomic mass is 9.80. The summed E-state index contributed by atoms with van der Waals surface area (Å²) in [5.74, 6) is -0.971. The van der Waals surface area contributed by atoms with Gasteiger partial charge in [-0.15, -0.1) is 6.58 Å². The third-order valence-corrected chi connectivity index (χ3v) is 3.66. The van der Waals surface area contributed by atoms with Crippen molar-refractivity contribution in [1.29, 1.82) is 0 Å². The molecule has 0 radical (unpaired) electrons. The minimum atomic E-state index is -0.976. The molecule has 1 rings (SSSR count). The Morgan fingerprint density at radius 3 is 2.41 bits per heavy atom. The highest BCUT2D eigenvalue weighted by Gasteiger charge is 2.45. The van der Waals surface area contributed by atoms with Gasteiger partial charge in [-0.2, -0.15) is 0 Å². The summed E-state index contributed by atoms with van der Waals surface area (Å²) in [4.78, 5) is 24.9. The lowest BCUT2D eigenvalue weighted by molar-refractivity contribution is -0.160. The number of hydrogen-bond donors (Lipinski definition) is 1. The molecule has 4 nitrogen and oxygen atoms in total. The number of hydrogen-bond acceptors (Lipinski definition) is 2. The Hall–Kier alpha value is -1.32. The summed E-state index contributed by atoms with van der Waals surface area (Å²) >= 11 is 0. The summed E-state index contributed by atoms with van der Waals surface area (Å²) in [6.45, 7) is 3.57. The molecule has 0 bridgehead atoms. The van der Waals surface area contributed by atoms with Gasteiger partial charge >= 0.3 is 5.97 Å². The fourth-order valence-corrected chi connectivity index (χ4v) is 2.46. The minimum Gasteiger partial charge on any atom is -0.479 e. The van der Waals surface area contributed by atoms with E-state index in [0.29, 0.717) is 25.7 Å². The molecule has 1 aliphatic rings. The zero-order chi connectivity index (χ0) is 12.9. The molecule has 0 saturated heterocycles. The molecule has 0 atom stereocenters. The van der Waals surface area contributed by atoms with Gasteiger partial charge in [0, 0.05) is 13.5 Å². The first-order valence-electron chi connectivity index (χ1n) is 6.15. The second kappa shape index (κ2) is 5.84. The Labute approximate surface area is 102 Å². The van der Waals surface area contributed by atoms with E-state index in [4.69, 9.17) is 0 Å². The molecular formula is C13H21NO3. The smallest absolute Gasteiger partial charge is 0.329 e. The first kappa shape index (κ1) is 13.7. The molecule has 0 aromatic carbocycles. The Bertz CT molecular complexity index is 306. The molecule has 0 unspecified atom stereocenters. The third kappa shape index (κ3) is 2.87. The topological polar surface area (TPSA) is 57.6 Å². The largest absolute Gasteiger partial charge is 0.479 e. The third-order valence-electron chi connectivity index (χ3n) is 3.66. The molecule has 4 heteroatoms. The highest BCUT2D eigenvalue weighted by atomic mass is 16.4. The van der Waals surface area contributed by atoms with Crippen molar-refractivity contribution in [2.24, 2.45) is 0 Å². The van der Waals surface area contributed by atoms with Gasteiger partial charge in [0.2, 0.25) is 5.91 Å². The van der Waals surface area contributed by atoms with Crippen LogP contribution in [0.5, 0.6) is 0 Å². The SMILES string of the molecule is C=CCCC(=O)N(C)C1(C(=O)O)CCCCC1. The maximum atomic E-state index is 11.9. The van der Waals surface area contributed by atoms with Crippen molar-refractivity contribution in [1.82, 2.24) is 4.90 Å². The Morgan fingerprint density at radius 1 is 1.35 bits per heavy atom. The van der Waals surface area contributed by atoms with E-state index in [1.54, 1.807) is 13.1 Å². The van der Waals surface area contributed by atoms with E-state index >= 15 is 0 Å². The van der Waals surface area contributed by atoms with E-state index in [9.17, 15) is 14.7 Å². The van der Waals surface area contributed by atoms with Crippen LogP contribution in [0.2, 0.25) is 0 Å². The van der Waals surface area contributed by atoms with E-state index < -0.39 is 11.5 Å². The second-order valence-corrected chi connectivity index (χ2v) is 4.68. The zero-order valence-corrected chi connectivity index (χ0v) is 10.4. The van der Waals surface area contributed by atoms with Crippen molar-refractivity contribution in [2.45, 2.75) is 50.5 Å². The summed E-state index contributed by atoms with van der Waals surface area (Å²) in [6.07, 6.45) is 6.58. The number of aliphatic carboxylic acids is 1. The molecule has 0 aliphatic heterocycles. The van der Waals surface area contributed by atoms with Gasteiger partial charge in [0.1, 0.15) is 5.54 Å². The summed E-state index contributed by atoms with van der Waals surface area (Å²) < 4.78 is 0. The van der Waals surface area contributed by atoms with Crippen molar-refractivity contribution >= 4 is 11.9 Å². The van der Waals surface area contributed by atoms with Gasteiger partial charge in [-0.05, 0) is 19.3 Å². The molecule has 1 fully saturated rings. The molecule has 17 heavy (non-hydrogen) atoms. The average molecular weight is 239 g/mol. The maximum Gasteiger partial charge on any atom is 0.329 e. The monoisotopic (exact) mass is 239 g/mol. The highest BCUT2D eigenvalue weighted by Crippen LogP contribution is 2.33. The van der Waals surface area contributed by atoms with Gasteiger partial charge in [0.15, 0.2) is 0 Å². The first-order chi connectivity index (χ1) is 8.04. The van der Waals surface area contributed by atoms with Gasteiger partial charge in [0.05, 0.1) is 0 Å². The van der Waals surface area contributed by atoms with Crippen molar-refractivity contribution in [3.63, 3.8) is 0 Å². The lowest BCUT2D eigenvalue weighted by Gasteiger charge is -2.41. The standard InChI is InChI=1S/C13H21NO3/c1-3-4-8-11(15)14(2)13(12(16)17)9-6-5-7-10-13/h3H,1,4-10H2,2H3,(H,16,17). The number of carboxylic acids is 1. The number of carbonyl (C=O) groups excluding carboxylic acids is 1. The van der Waals surface area contributed by atoms with E-state index in [2.05, 4.69) is 6.58 Å². The number of rotatable bonds is 5. The normalized spacial score (nSPS) is 18.4. The lowest BCUT2D eigenvalue weighted by Crippen LogP contribution is -2.56. The van der Waals surface area contributed by atoms with E-state index in [0.717, 1.165) is 19.3 Å². The van der Waals surface area contributed by atoms with Crippen LogP contribution in [-0.4, -0.2) is 34.5 Å². The first-order valence-corrected chi connectivity index (χ1v) is 6.15. The predicted molar refractivity (Wildman–Crippen MR) is 65.7 cm³/mol. The number of nitrogens with zero attached hydrogens (tertiary/aromatic N) is 1. The van der Waals surface area contributed by atoms with Crippen LogP contribution < -0.4 is 0 Å². The van der Waals surface area contributed by atoms with Crippen molar-refractivity contribution < 1.29 is 14.7 Å². The van der Waals surface area contributed by atoms with Gasteiger partial charge < -0.3 is 10.0 Å². The summed E-state index contributed by atoms with van der Waals surface area (Å²) in [5, 5.41) is 9.42. The molecule has 1 amide bonds. The van der Waals surface area contributed by atoms with Crippen LogP contribution >= 0.6 is 0 Å². The van der Waals surface area contributed by atoms with Gasteiger partial charge in [-0.3, -0.25) is 4.79 Å². The van der Waals surface area contributed by atoms with Crippen LogP contribution in [0, 0.1) is 0 Å². The molecule has 0 heterocycles. The minimum absolute atomic E-state index is 0.103. The molecule has 1 aliphatic carbocycles. The van der Waals surface area contributed by atoms with Crippen LogP contribution in [0.4, 0.5) is 0 Å². The van der Waals surface area contributed by atoms with Gasteiger partial charge in [-0.1, -0.05) is 25.3 Å². The number of likely N-dealkylation sites (N-methyl/N-ethyl adjacent to an activating group) is 1. The predicted octanol–water partition coefficient (Wildman–Crippen LogP) is 2.20. The fraction of sp³-hybridized carbons (Fsp3) is 0.692. The molecular weight excluding hydrogens is 218 g/mol. The van der Waals surface area contributed by atoms with Crippen LogP contribution in [0.3, 0.4) is 0 Å². The number of carboxylic acid groups (broad SMARTS) is 1. The van der Waals surface area contributed by atoms with Gasteiger partial charge in [-0.25, -0.2) is 4.79 Å². The van der Waals surface area contributed by atoms with Crippen LogP contribution in [0.1, 0.15) is 44.9 Å².